The Labute approximate surface area is 294 Å². The minimum absolute atomic E-state index is 0.592. The van der Waals surface area contributed by atoms with E-state index in [4.69, 9.17) is 19.4 Å². The number of aromatic nitrogens is 3. The van der Waals surface area contributed by atoms with E-state index in [9.17, 15) is 0 Å². The Morgan fingerprint density at radius 2 is 0.961 bits per heavy atom. The average molecular weight is 652 g/mol. The Morgan fingerprint density at radius 1 is 0.333 bits per heavy atom. The molecule has 2 heterocycles. The molecule has 10 rings (SSSR count). The third-order valence-electron chi connectivity index (χ3n) is 9.72. The van der Waals surface area contributed by atoms with Gasteiger partial charge in [0, 0.05) is 27.5 Å². The normalized spacial score (nSPS) is 11.5. The van der Waals surface area contributed by atoms with Gasteiger partial charge >= 0.3 is 0 Å². The Kier molecular flexibility index (Phi) is 6.78. The third kappa shape index (κ3) is 5.04. The summed E-state index contributed by atoms with van der Waals surface area (Å²) in [6.07, 6.45) is 0. The smallest absolute Gasteiger partial charge is 0.165 e. The monoisotopic (exact) mass is 651 g/mol. The van der Waals surface area contributed by atoms with Crippen molar-refractivity contribution in [3.63, 3.8) is 0 Å². The highest BCUT2D eigenvalue weighted by Gasteiger charge is 2.22. The molecule has 2 aromatic heterocycles. The van der Waals surface area contributed by atoms with Crippen LogP contribution in [0.2, 0.25) is 0 Å². The predicted octanol–water partition coefficient (Wildman–Crippen LogP) is 12.4. The zero-order valence-corrected chi connectivity index (χ0v) is 27.5. The molecule has 0 aliphatic rings. The molecule has 4 heteroatoms. The van der Waals surface area contributed by atoms with Crippen molar-refractivity contribution in [3.8, 4) is 56.4 Å². The number of rotatable bonds is 5. The fraction of sp³-hybridized carbons (Fsp3) is 0. The van der Waals surface area contributed by atoms with E-state index in [1.54, 1.807) is 0 Å². The maximum Gasteiger partial charge on any atom is 0.165 e. The first kappa shape index (κ1) is 29.0. The van der Waals surface area contributed by atoms with Crippen LogP contribution in [-0.4, -0.2) is 15.0 Å². The molecule has 8 aromatic carbocycles. The number of fused-ring (bicyclic) bond motifs is 6. The lowest BCUT2D eigenvalue weighted by Gasteiger charge is -2.14. The summed E-state index contributed by atoms with van der Waals surface area (Å²) < 4.78 is 6.44. The molecule has 0 amide bonds. The summed E-state index contributed by atoms with van der Waals surface area (Å²) >= 11 is 0. The predicted molar refractivity (Wildman–Crippen MR) is 209 cm³/mol. The molecule has 0 radical (unpaired) electrons. The molecule has 0 unspecified atom stereocenters. The molecule has 51 heavy (non-hydrogen) atoms. The van der Waals surface area contributed by atoms with Gasteiger partial charge < -0.3 is 4.42 Å². The van der Waals surface area contributed by atoms with E-state index in [2.05, 4.69) is 127 Å². The Bertz CT molecular complexity index is 2910. The van der Waals surface area contributed by atoms with E-state index < -0.39 is 0 Å². The standard InChI is InChI=1S/C47H29N3O/c1-3-12-30(13-4-1)33-17-11-18-34(28-33)39-26-27-42-43(40-20-9-10-21-41(40)51-42)44(39)47-49-45(32-15-5-2-6-16-32)48-46(50-47)36-24-25-38-35(29-36)23-22-31-14-7-8-19-37(31)38/h1-29H. The molecule has 10 aromatic rings. The van der Waals surface area contributed by atoms with Gasteiger partial charge in [0.15, 0.2) is 17.5 Å². The number of furan rings is 1. The average Bonchev–Trinajstić information content (AvgIpc) is 3.59. The molecule has 4 nitrogen and oxygen atoms in total. The summed E-state index contributed by atoms with van der Waals surface area (Å²) in [5.74, 6) is 1.82. The van der Waals surface area contributed by atoms with Crippen LogP contribution in [0, 0.1) is 0 Å². The van der Waals surface area contributed by atoms with Gasteiger partial charge in [-0.05, 0) is 74.1 Å². The highest BCUT2D eigenvalue weighted by molar-refractivity contribution is 6.15. The molecule has 0 aliphatic heterocycles. The molecule has 0 bridgehead atoms. The summed E-state index contributed by atoms with van der Waals surface area (Å²) in [5, 5.41) is 6.78. The van der Waals surface area contributed by atoms with Crippen molar-refractivity contribution in [2.45, 2.75) is 0 Å². The molecule has 0 spiro atoms. The molecule has 0 saturated heterocycles. The van der Waals surface area contributed by atoms with Crippen molar-refractivity contribution in [3.05, 3.63) is 176 Å². The van der Waals surface area contributed by atoms with Gasteiger partial charge in [0.05, 0.1) is 0 Å². The van der Waals surface area contributed by atoms with Crippen molar-refractivity contribution in [2.75, 3.05) is 0 Å². The maximum absolute atomic E-state index is 6.44. The van der Waals surface area contributed by atoms with E-state index >= 15 is 0 Å². The van der Waals surface area contributed by atoms with Gasteiger partial charge in [-0.15, -0.1) is 0 Å². The lowest BCUT2D eigenvalue weighted by atomic mass is 9.92. The zero-order valence-electron chi connectivity index (χ0n) is 27.5. The fourth-order valence-electron chi connectivity index (χ4n) is 7.27. The second kappa shape index (κ2) is 11.9. The number of para-hydroxylation sites is 1. The van der Waals surface area contributed by atoms with E-state index in [1.165, 1.54) is 16.2 Å². The van der Waals surface area contributed by atoms with Crippen LogP contribution in [0.5, 0.6) is 0 Å². The highest BCUT2D eigenvalue weighted by Crippen LogP contribution is 2.43. The first-order valence-electron chi connectivity index (χ1n) is 17.1. The lowest BCUT2D eigenvalue weighted by molar-refractivity contribution is 0.669. The Hall–Kier alpha value is -6.91. The van der Waals surface area contributed by atoms with Crippen LogP contribution < -0.4 is 0 Å². The third-order valence-corrected chi connectivity index (χ3v) is 9.72. The largest absolute Gasteiger partial charge is 0.456 e. The summed E-state index contributed by atoms with van der Waals surface area (Å²) in [6.45, 7) is 0. The van der Waals surface area contributed by atoms with E-state index in [-0.39, 0.29) is 0 Å². The summed E-state index contributed by atoms with van der Waals surface area (Å²) in [6, 6.07) is 61.0. The number of nitrogens with zero attached hydrogens (tertiary/aromatic N) is 3. The van der Waals surface area contributed by atoms with Crippen molar-refractivity contribution in [2.24, 2.45) is 0 Å². The molecule has 238 valence electrons. The molecular formula is C47H29N3O. The number of hydrogen-bond donors (Lipinski definition) is 0. The summed E-state index contributed by atoms with van der Waals surface area (Å²) in [4.78, 5) is 15.7. The lowest BCUT2D eigenvalue weighted by Crippen LogP contribution is -2.01. The molecule has 0 saturated carbocycles. The molecule has 0 N–H and O–H groups in total. The Balaban J connectivity index is 1.26. The number of benzene rings is 8. The van der Waals surface area contributed by atoms with Crippen molar-refractivity contribution in [1.29, 1.82) is 0 Å². The van der Waals surface area contributed by atoms with Gasteiger partial charge in [-0.25, -0.2) is 15.0 Å². The molecule has 0 aliphatic carbocycles. The first-order chi connectivity index (χ1) is 25.3. The van der Waals surface area contributed by atoms with Crippen molar-refractivity contribution < 1.29 is 4.42 Å². The van der Waals surface area contributed by atoms with Crippen LogP contribution in [0.4, 0.5) is 0 Å². The minimum atomic E-state index is 0.592. The molecular weight excluding hydrogens is 623 g/mol. The van der Waals surface area contributed by atoms with Gasteiger partial charge in [0.25, 0.3) is 0 Å². The summed E-state index contributed by atoms with van der Waals surface area (Å²) in [5.41, 5.74) is 8.76. The van der Waals surface area contributed by atoms with Gasteiger partial charge in [-0.3, -0.25) is 0 Å². The van der Waals surface area contributed by atoms with Gasteiger partial charge in [-0.1, -0.05) is 146 Å². The topological polar surface area (TPSA) is 51.8 Å². The van der Waals surface area contributed by atoms with E-state index in [0.29, 0.717) is 17.5 Å². The van der Waals surface area contributed by atoms with E-state index in [0.717, 1.165) is 66.3 Å². The molecule has 0 fully saturated rings. The van der Waals surface area contributed by atoms with Crippen LogP contribution in [0.1, 0.15) is 0 Å². The van der Waals surface area contributed by atoms with E-state index in [1.807, 2.05) is 48.5 Å². The second-order valence-electron chi connectivity index (χ2n) is 12.8. The van der Waals surface area contributed by atoms with Crippen LogP contribution in [0.25, 0.3) is 99.9 Å². The van der Waals surface area contributed by atoms with Crippen molar-refractivity contribution in [1.82, 2.24) is 15.0 Å². The van der Waals surface area contributed by atoms with Gasteiger partial charge in [0.2, 0.25) is 0 Å². The fourth-order valence-corrected chi connectivity index (χ4v) is 7.27. The quantitative estimate of drug-likeness (QED) is 0.174. The summed E-state index contributed by atoms with van der Waals surface area (Å²) in [7, 11) is 0. The Morgan fingerprint density at radius 3 is 1.80 bits per heavy atom. The van der Waals surface area contributed by atoms with Gasteiger partial charge in [-0.2, -0.15) is 0 Å². The van der Waals surface area contributed by atoms with Crippen LogP contribution in [-0.2, 0) is 0 Å². The van der Waals surface area contributed by atoms with Crippen LogP contribution in [0.15, 0.2) is 180 Å². The number of hydrogen-bond acceptors (Lipinski definition) is 4. The first-order valence-corrected chi connectivity index (χ1v) is 17.1. The van der Waals surface area contributed by atoms with Crippen LogP contribution >= 0.6 is 0 Å². The molecule has 0 atom stereocenters. The van der Waals surface area contributed by atoms with Crippen molar-refractivity contribution >= 4 is 43.5 Å². The van der Waals surface area contributed by atoms with Gasteiger partial charge in [0.1, 0.15) is 11.2 Å². The van der Waals surface area contributed by atoms with Crippen LogP contribution in [0.3, 0.4) is 0 Å². The highest BCUT2D eigenvalue weighted by atomic mass is 16.3. The second-order valence-corrected chi connectivity index (χ2v) is 12.8. The zero-order chi connectivity index (χ0) is 33.7. The minimum Gasteiger partial charge on any atom is -0.456 e. The maximum atomic E-state index is 6.44. The SMILES string of the molecule is c1ccc(-c2cccc(-c3ccc4oc5ccccc5c4c3-c3nc(-c4ccccc4)nc(-c4ccc5c(ccc6ccccc65)c4)n3)c2)cc1.